The lowest BCUT2D eigenvalue weighted by Crippen LogP contribution is -2.14. The lowest BCUT2D eigenvalue weighted by molar-refractivity contribution is 0.819. The molecule has 0 spiro atoms. The summed E-state index contributed by atoms with van der Waals surface area (Å²) in [5.74, 6) is 0.235. The Labute approximate surface area is 247 Å². The number of pyridine rings is 1. The van der Waals surface area contributed by atoms with Crippen LogP contribution in [0.25, 0.3) is 38.4 Å². The van der Waals surface area contributed by atoms with Crippen molar-refractivity contribution in [1.29, 1.82) is 0 Å². The number of aliphatic imine (C=N–C) groups is 1. The van der Waals surface area contributed by atoms with Crippen molar-refractivity contribution in [2.45, 2.75) is 26.2 Å². The molecule has 1 aliphatic heterocycles. The highest BCUT2D eigenvalue weighted by Crippen LogP contribution is 2.42. The molecule has 7 rings (SSSR count). The molecule has 6 aromatic rings. The van der Waals surface area contributed by atoms with Crippen molar-refractivity contribution in [1.82, 2.24) is 4.98 Å². The fourth-order valence-corrected chi connectivity index (χ4v) is 6.08. The quantitative estimate of drug-likeness (QED) is 0.200. The van der Waals surface area contributed by atoms with Gasteiger partial charge in [0.25, 0.3) is 0 Å². The lowest BCUT2D eigenvalue weighted by atomic mass is 9.81. The number of allylic oxidation sites excluding steroid dienone is 4. The molecule has 42 heavy (non-hydrogen) atoms. The molecule has 0 amide bonds. The Morgan fingerprint density at radius 3 is 2.29 bits per heavy atom. The van der Waals surface area contributed by atoms with E-state index >= 15 is 0 Å². The van der Waals surface area contributed by atoms with Gasteiger partial charge in [-0.05, 0) is 70.6 Å². The summed E-state index contributed by atoms with van der Waals surface area (Å²) in [5.41, 5.74) is 11.8. The molecule has 0 fully saturated rings. The summed E-state index contributed by atoms with van der Waals surface area (Å²) in [6, 6.07) is 43.1. The van der Waals surface area contributed by atoms with Gasteiger partial charge >= 0.3 is 0 Å². The van der Waals surface area contributed by atoms with E-state index in [2.05, 4.69) is 146 Å². The van der Waals surface area contributed by atoms with E-state index in [9.17, 15) is 0 Å². The monoisotopic (exact) mass is 540 g/mol. The van der Waals surface area contributed by atoms with Gasteiger partial charge in [0.05, 0.1) is 11.2 Å². The number of hydrogen-bond donors (Lipinski definition) is 0. The van der Waals surface area contributed by atoms with Crippen molar-refractivity contribution >= 4 is 38.6 Å². The maximum Gasteiger partial charge on any atom is 0.0776 e. The van der Waals surface area contributed by atoms with Crippen molar-refractivity contribution in [2.75, 3.05) is 0 Å². The SMILES string of the molecule is C/C(=C\C=C(/C)C1CC(c2ccc3ccccc3c2)=Nc2cc(-c3ccccc3)ccc21)c1cccc2cccnc12. The number of fused-ring (bicyclic) bond motifs is 3. The second kappa shape index (κ2) is 11.1. The van der Waals surface area contributed by atoms with E-state index in [0.29, 0.717) is 0 Å². The van der Waals surface area contributed by atoms with Crippen LogP contribution in [-0.4, -0.2) is 10.7 Å². The molecular formula is C40H32N2. The van der Waals surface area contributed by atoms with Crippen LogP contribution in [0.2, 0.25) is 0 Å². The molecular weight excluding hydrogens is 508 g/mol. The van der Waals surface area contributed by atoms with E-state index in [-0.39, 0.29) is 5.92 Å². The van der Waals surface area contributed by atoms with Gasteiger partial charge in [-0.2, -0.15) is 0 Å². The highest BCUT2D eigenvalue weighted by molar-refractivity contribution is 6.06. The van der Waals surface area contributed by atoms with Crippen LogP contribution < -0.4 is 0 Å². The van der Waals surface area contributed by atoms with Crippen molar-refractivity contribution in [2.24, 2.45) is 4.99 Å². The normalized spacial score (nSPS) is 15.5. The zero-order valence-electron chi connectivity index (χ0n) is 24.0. The Hall–Kier alpha value is -5.08. The summed E-state index contributed by atoms with van der Waals surface area (Å²) in [6.07, 6.45) is 7.27. The van der Waals surface area contributed by atoms with Gasteiger partial charge in [0.2, 0.25) is 0 Å². The standard InChI is InChI=1S/C40H32N2/c1-27(35-16-8-14-31-15-9-23-41-40(31)35)17-18-28(2)37-26-38(34-20-19-30-12-6-7-13-32(30)24-34)42-39-25-33(21-22-36(37)39)29-10-4-3-5-11-29/h3-25,37H,26H2,1-2H3/b27-17+,28-18+. The second-order valence-corrected chi connectivity index (χ2v) is 11.2. The van der Waals surface area contributed by atoms with E-state index in [4.69, 9.17) is 4.99 Å². The summed E-state index contributed by atoms with van der Waals surface area (Å²) in [5, 5.41) is 3.66. The fourth-order valence-electron chi connectivity index (χ4n) is 6.08. The molecule has 202 valence electrons. The zero-order chi connectivity index (χ0) is 28.5. The van der Waals surface area contributed by atoms with Crippen LogP contribution in [0.15, 0.2) is 150 Å². The number of para-hydroxylation sites is 1. The van der Waals surface area contributed by atoms with Crippen LogP contribution >= 0.6 is 0 Å². The summed E-state index contributed by atoms with van der Waals surface area (Å²) >= 11 is 0. The first-order valence-electron chi connectivity index (χ1n) is 14.6. The van der Waals surface area contributed by atoms with Crippen LogP contribution in [0.1, 0.15) is 42.9 Å². The average Bonchev–Trinajstić information content (AvgIpc) is 3.06. The maximum atomic E-state index is 5.28. The number of aromatic nitrogens is 1. The predicted molar refractivity (Wildman–Crippen MR) is 179 cm³/mol. The number of hydrogen-bond acceptors (Lipinski definition) is 2. The Morgan fingerprint density at radius 2 is 1.40 bits per heavy atom. The van der Waals surface area contributed by atoms with E-state index in [1.165, 1.54) is 49.7 Å². The molecule has 0 saturated heterocycles. The smallest absolute Gasteiger partial charge is 0.0776 e. The fraction of sp³-hybridized carbons (Fsp3) is 0.100. The molecule has 2 heteroatoms. The van der Waals surface area contributed by atoms with Gasteiger partial charge in [0, 0.05) is 35.2 Å². The Bertz CT molecular complexity index is 2020. The maximum absolute atomic E-state index is 5.28. The third-order valence-corrected chi connectivity index (χ3v) is 8.45. The first-order chi connectivity index (χ1) is 20.6. The third-order valence-electron chi connectivity index (χ3n) is 8.45. The van der Waals surface area contributed by atoms with Crippen molar-refractivity contribution in [3.05, 3.63) is 162 Å². The molecule has 0 radical (unpaired) electrons. The number of nitrogens with zero attached hydrogens (tertiary/aromatic N) is 2. The van der Waals surface area contributed by atoms with Crippen LogP contribution in [0, 0.1) is 0 Å². The molecule has 0 aliphatic carbocycles. The topological polar surface area (TPSA) is 25.2 Å². The molecule has 2 nitrogen and oxygen atoms in total. The van der Waals surface area contributed by atoms with Crippen LogP contribution in [-0.2, 0) is 0 Å². The predicted octanol–water partition coefficient (Wildman–Crippen LogP) is 10.7. The van der Waals surface area contributed by atoms with Crippen LogP contribution in [0.4, 0.5) is 5.69 Å². The summed E-state index contributed by atoms with van der Waals surface area (Å²) in [4.78, 5) is 9.95. The second-order valence-electron chi connectivity index (χ2n) is 11.2. The highest BCUT2D eigenvalue weighted by atomic mass is 14.8. The van der Waals surface area contributed by atoms with Gasteiger partial charge < -0.3 is 0 Å². The minimum Gasteiger partial charge on any atom is -0.256 e. The number of rotatable bonds is 5. The largest absolute Gasteiger partial charge is 0.256 e. The average molecular weight is 541 g/mol. The Morgan fingerprint density at radius 1 is 0.643 bits per heavy atom. The van der Waals surface area contributed by atoms with Crippen molar-refractivity contribution in [3.8, 4) is 11.1 Å². The van der Waals surface area contributed by atoms with Gasteiger partial charge in [-0.3, -0.25) is 9.98 Å². The van der Waals surface area contributed by atoms with Crippen molar-refractivity contribution < 1.29 is 0 Å². The highest BCUT2D eigenvalue weighted by Gasteiger charge is 2.25. The minimum absolute atomic E-state index is 0.235. The molecule has 2 heterocycles. The Kier molecular flexibility index (Phi) is 6.81. The summed E-state index contributed by atoms with van der Waals surface area (Å²) in [7, 11) is 0. The zero-order valence-corrected chi connectivity index (χ0v) is 24.0. The van der Waals surface area contributed by atoms with Gasteiger partial charge in [-0.25, -0.2) is 0 Å². The van der Waals surface area contributed by atoms with E-state index in [1.54, 1.807) is 0 Å². The molecule has 0 N–H and O–H groups in total. The number of benzene rings is 5. The lowest BCUT2D eigenvalue weighted by Gasteiger charge is -2.27. The molecule has 5 aromatic carbocycles. The molecule has 1 aliphatic rings. The van der Waals surface area contributed by atoms with Crippen molar-refractivity contribution in [3.63, 3.8) is 0 Å². The Balaban J connectivity index is 1.30. The molecule has 1 unspecified atom stereocenters. The van der Waals surface area contributed by atoms with Gasteiger partial charge in [-0.1, -0.05) is 121 Å². The van der Waals surface area contributed by atoms with Gasteiger partial charge in [0.1, 0.15) is 0 Å². The van der Waals surface area contributed by atoms with Crippen LogP contribution in [0.5, 0.6) is 0 Å². The first kappa shape index (κ1) is 25.9. The minimum atomic E-state index is 0.235. The van der Waals surface area contributed by atoms with Gasteiger partial charge in [-0.15, -0.1) is 0 Å². The first-order valence-corrected chi connectivity index (χ1v) is 14.6. The summed E-state index contributed by atoms with van der Waals surface area (Å²) in [6.45, 7) is 4.43. The van der Waals surface area contributed by atoms with E-state index in [1.807, 2.05) is 12.3 Å². The molecule has 0 saturated carbocycles. The molecule has 0 bridgehead atoms. The van der Waals surface area contributed by atoms with Crippen LogP contribution in [0.3, 0.4) is 0 Å². The van der Waals surface area contributed by atoms with E-state index in [0.717, 1.165) is 28.7 Å². The molecule has 1 atom stereocenters. The summed E-state index contributed by atoms with van der Waals surface area (Å²) < 4.78 is 0. The van der Waals surface area contributed by atoms with E-state index < -0.39 is 0 Å². The molecule has 1 aromatic heterocycles. The third kappa shape index (κ3) is 4.97. The van der Waals surface area contributed by atoms with Gasteiger partial charge in [0.15, 0.2) is 0 Å².